The Labute approximate surface area is 79.5 Å². The second kappa shape index (κ2) is 4.76. The van der Waals surface area contributed by atoms with Crippen molar-refractivity contribution in [2.75, 3.05) is 13.1 Å². The van der Waals surface area contributed by atoms with Crippen molar-refractivity contribution in [3.05, 3.63) is 0 Å². The molecule has 0 saturated heterocycles. The summed E-state index contributed by atoms with van der Waals surface area (Å²) in [6, 6.07) is 0.365. The fourth-order valence-corrected chi connectivity index (χ4v) is 1.26. The first-order valence-electron chi connectivity index (χ1n) is 4.76. The van der Waals surface area contributed by atoms with Gasteiger partial charge in [-0.15, -0.1) is 6.42 Å². The number of hydrogen-bond acceptors (Lipinski definition) is 1. The van der Waals surface area contributed by atoms with Crippen LogP contribution in [0.4, 0.5) is 4.79 Å². The Bertz CT molecular complexity index is 215. The molecule has 0 radical (unpaired) electrons. The van der Waals surface area contributed by atoms with Crippen LogP contribution in [-0.4, -0.2) is 30.1 Å². The molecule has 0 aliphatic heterocycles. The van der Waals surface area contributed by atoms with Crippen molar-refractivity contribution in [3.63, 3.8) is 0 Å². The summed E-state index contributed by atoms with van der Waals surface area (Å²) in [5, 5.41) is 2.94. The third-order valence-electron chi connectivity index (χ3n) is 2.38. The van der Waals surface area contributed by atoms with Crippen molar-refractivity contribution in [3.8, 4) is 12.3 Å². The van der Waals surface area contributed by atoms with E-state index in [0.29, 0.717) is 19.1 Å². The smallest absolute Gasteiger partial charge is 0.318 e. The molecule has 0 heterocycles. The highest BCUT2D eigenvalue weighted by molar-refractivity contribution is 5.74. The van der Waals surface area contributed by atoms with Crippen LogP contribution in [0.5, 0.6) is 0 Å². The maximum Gasteiger partial charge on any atom is 0.318 e. The van der Waals surface area contributed by atoms with Crippen molar-refractivity contribution in [1.82, 2.24) is 10.2 Å². The van der Waals surface area contributed by atoms with Gasteiger partial charge in [0, 0.05) is 12.6 Å². The number of carbonyl (C=O) groups is 1. The molecule has 1 saturated carbocycles. The number of rotatable bonds is 3. The van der Waals surface area contributed by atoms with Crippen LogP contribution in [0.25, 0.3) is 0 Å². The number of hydrogen-bond donors (Lipinski definition) is 1. The number of amides is 2. The Morgan fingerprint density at radius 3 is 2.77 bits per heavy atom. The van der Waals surface area contributed by atoms with E-state index in [1.54, 1.807) is 4.90 Å². The standard InChI is InChI=1S/C10H16N2O/c1-3-8-12(4-2)10(13)11-9-6-5-7-9/h1,9H,4-8H2,2H3,(H,11,13). The minimum atomic E-state index is -0.0230. The Kier molecular flexibility index (Phi) is 3.63. The van der Waals surface area contributed by atoms with Gasteiger partial charge in [-0.3, -0.25) is 0 Å². The quantitative estimate of drug-likeness (QED) is 0.650. The predicted molar refractivity (Wildman–Crippen MR) is 52.3 cm³/mol. The largest absolute Gasteiger partial charge is 0.335 e. The van der Waals surface area contributed by atoms with E-state index in [1.165, 1.54) is 6.42 Å². The lowest BCUT2D eigenvalue weighted by Crippen LogP contribution is -2.47. The van der Waals surface area contributed by atoms with Crippen molar-refractivity contribution in [2.45, 2.75) is 32.2 Å². The molecule has 0 spiro atoms. The summed E-state index contributed by atoms with van der Waals surface area (Å²) in [5.74, 6) is 2.47. The van der Waals surface area contributed by atoms with Crippen molar-refractivity contribution >= 4 is 6.03 Å². The molecule has 0 unspecified atom stereocenters. The van der Waals surface area contributed by atoms with Crippen LogP contribution in [0.2, 0.25) is 0 Å². The molecular weight excluding hydrogens is 164 g/mol. The molecule has 0 bridgehead atoms. The molecule has 0 aromatic carbocycles. The van der Waals surface area contributed by atoms with Gasteiger partial charge >= 0.3 is 6.03 Å². The maximum atomic E-state index is 11.5. The highest BCUT2D eigenvalue weighted by Crippen LogP contribution is 2.18. The third kappa shape index (κ3) is 2.66. The molecule has 1 N–H and O–H groups in total. The van der Waals surface area contributed by atoms with E-state index in [9.17, 15) is 4.79 Å². The average molecular weight is 180 g/mol. The zero-order valence-electron chi connectivity index (χ0n) is 8.05. The van der Waals surface area contributed by atoms with E-state index in [2.05, 4.69) is 11.2 Å². The van der Waals surface area contributed by atoms with E-state index in [4.69, 9.17) is 6.42 Å². The number of urea groups is 1. The zero-order valence-corrected chi connectivity index (χ0v) is 8.05. The summed E-state index contributed by atoms with van der Waals surface area (Å²) in [6.07, 6.45) is 8.60. The minimum Gasteiger partial charge on any atom is -0.335 e. The normalized spacial score (nSPS) is 15.7. The molecule has 13 heavy (non-hydrogen) atoms. The first-order chi connectivity index (χ1) is 6.27. The van der Waals surface area contributed by atoms with Gasteiger partial charge in [0.25, 0.3) is 0 Å². The van der Waals surface area contributed by atoms with Crippen LogP contribution < -0.4 is 5.32 Å². The van der Waals surface area contributed by atoms with Gasteiger partial charge < -0.3 is 10.2 Å². The lowest BCUT2D eigenvalue weighted by atomic mass is 9.93. The molecule has 2 amide bonds. The van der Waals surface area contributed by atoms with Crippen molar-refractivity contribution in [1.29, 1.82) is 0 Å². The molecular formula is C10H16N2O. The summed E-state index contributed by atoms with van der Waals surface area (Å²) in [5.41, 5.74) is 0. The van der Waals surface area contributed by atoms with Crippen LogP contribution >= 0.6 is 0 Å². The Hall–Kier alpha value is -1.17. The van der Waals surface area contributed by atoms with E-state index < -0.39 is 0 Å². The molecule has 1 rings (SSSR count). The molecule has 3 nitrogen and oxygen atoms in total. The van der Waals surface area contributed by atoms with Gasteiger partial charge in [-0.1, -0.05) is 5.92 Å². The molecule has 72 valence electrons. The lowest BCUT2D eigenvalue weighted by molar-refractivity contribution is 0.194. The highest BCUT2D eigenvalue weighted by atomic mass is 16.2. The van der Waals surface area contributed by atoms with Crippen LogP contribution in [-0.2, 0) is 0 Å². The van der Waals surface area contributed by atoms with Gasteiger partial charge in [0.05, 0.1) is 6.54 Å². The number of terminal acetylenes is 1. The van der Waals surface area contributed by atoms with E-state index in [1.807, 2.05) is 6.92 Å². The summed E-state index contributed by atoms with van der Waals surface area (Å²) in [6.45, 7) is 3.00. The zero-order chi connectivity index (χ0) is 9.68. The second-order valence-corrected chi connectivity index (χ2v) is 3.30. The lowest BCUT2D eigenvalue weighted by Gasteiger charge is -2.29. The molecule has 0 aromatic heterocycles. The Balaban J connectivity index is 2.30. The topological polar surface area (TPSA) is 32.3 Å². The number of nitrogens with one attached hydrogen (secondary N) is 1. The molecule has 0 atom stereocenters. The third-order valence-corrected chi connectivity index (χ3v) is 2.38. The first kappa shape index (κ1) is 9.91. The van der Waals surface area contributed by atoms with Crippen LogP contribution in [0.15, 0.2) is 0 Å². The second-order valence-electron chi connectivity index (χ2n) is 3.30. The van der Waals surface area contributed by atoms with Gasteiger partial charge in [-0.05, 0) is 26.2 Å². The van der Waals surface area contributed by atoms with Gasteiger partial charge in [0.1, 0.15) is 0 Å². The van der Waals surface area contributed by atoms with Gasteiger partial charge in [0.15, 0.2) is 0 Å². The van der Waals surface area contributed by atoms with E-state index >= 15 is 0 Å². The molecule has 3 heteroatoms. The van der Waals surface area contributed by atoms with Crippen LogP contribution in [0.3, 0.4) is 0 Å². The minimum absolute atomic E-state index is 0.0230. The first-order valence-corrected chi connectivity index (χ1v) is 4.76. The summed E-state index contributed by atoms with van der Waals surface area (Å²) < 4.78 is 0. The van der Waals surface area contributed by atoms with Gasteiger partial charge in [0.2, 0.25) is 0 Å². The molecule has 0 aromatic rings. The highest BCUT2D eigenvalue weighted by Gasteiger charge is 2.21. The van der Waals surface area contributed by atoms with Crippen molar-refractivity contribution in [2.24, 2.45) is 0 Å². The van der Waals surface area contributed by atoms with Crippen LogP contribution in [0.1, 0.15) is 26.2 Å². The summed E-state index contributed by atoms with van der Waals surface area (Å²) in [7, 11) is 0. The van der Waals surface area contributed by atoms with Gasteiger partial charge in [-0.25, -0.2) is 4.79 Å². The average Bonchev–Trinajstić information content (AvgIpc) is 2.07. The number of nitrogens with zero attached hydrogens (tertiary/aromatic N) is 1. The number of carbonyl (C=O) groups excluding carboxylic acids is 1. The Morgan fingerprint density at radius 1 is 1.69 bits per heavy atom. The molecule has 1 aliphatic carbocycles. The molecule has 1 aliphatic rings. The fraction of sp³-hybridized carbons (Fsp3) is 0.700. The SMILES string of the molecule is C#CCN(CC)C(=O)NC1CCC1. The Morgan fingerprint density at radius 2 is 2.38 bits per heavy atom. The molecule has 1 fully saturated rings. The summed E-state index contributed by atoms with van der Waals surface area (Å²) in [4.78, 5) is 13.1. The maximum absolute atomic E-state index is 11.5. The predicted octanol–water partition coefficient (Wildman–Crippen LogP) is 1.20. The monoisotopic (exact) mass is 180 g/mol. The summed E-state index contributed by atoms with van der Waals surface area (Å²) >= 11 is 0. The van der Waals surface area contributed by atoms with Crippen LogP contribution in [0, 0.1) is 12.3 Å². The van der Waals surface area contributed by atoms with E-state index in [0.717, 1.165) is 12.8 Å². The van der Waals surface area contributed by atoms with Gasteiger partial charge in [-0.2, -0.15) is 0 Å². The van der Waals surface area contributed by atoms with Crippen molar-refractivity contribution < 1.29 is 4.79 Å². The van der Waals surface area contributed by atoms with E-state index in [-0.39, 0.29) is 6.03 Å². The fourth-order valence-electron chi connectivity index (χ4n) is 1.26.